The van der Waals surface area contributed by atoms with Crippen molar-refractivity contribution in [2.24, 2.45) is 34.5 Å². The minimum atomic E-state index is -1.63. The highest BCUT2D eigenvalue weighted by Crippen LogP contribution is 2.73. The normalized spacial score (nSPS) is 52.9. The molecule has 3 N–H and O–H groups in total. The van der Waals surface area contributed by atoms with E-state index in [0.29, 0.717) is 36.8 Å². The molecule has 0 bridgehead atoms. The van der Waals surface area contributed by atoms with Gasteiger partial charge in [-0.2, -0.15) is 0 Å². The molecule has 7 nitrogen and oxygen atoms in total. The van der Waals surface area contributed by atoms with E-state index < -0.39 is 40.3 Å². The van der Waals surface area contributed by atoms with Crippen LogP contribution in [0.15, 0.2) is 34.9 Å². The Kier molecular flexibility index (Phi) is 4.82. The van der Waals surface area contributed by atoms with E-state index in [2.05, 4.69) is 0 Å². The number of hydrogen-bond donors (Lipinski definition) is 3. The van der Waals surface area contributed by atoms with Gasteiger partial charge in [-0.05, 0) is 69.4 Å². The van der Waals surface area contributed by atoms with E-state index in [1.807, 2.05) is 26.8 Å². The van der Waals surface area contributed by atoms with Crippen LogP contribution in [0.3, 0.4) is 0 Å². The van der Waals surface area contributed by atoms with Gasteiger partial charge in [-0.25, -0.2) is 4.79 Å². The first-order chi connectivity index (χ1) is 16.4. The first kappa shape index (κ1) is 23.6. The van der Waals surface area contributed by atoms with E-state index >= 15 is 0 Å². The summed E-state index contributed by atoms with van der Waals surface area (Å²) in [4.78, 5) is 25.7. The molecule has 0 amide bonds. The molecule has 0 spiro atoms. The van der Waals surface area contributed by atoms with E-state index in [-0.39, 0.29) is 42.5 Å². The first-order valence-corrected chi connectivity index (χ1v) is 13.0. The Morgan fingerprint density at radius 1 is 1.09 bits per heavy atom. The van der Waals surface area contributed by atoms with E-state index in [4.69, 9.17) is 9.47 Å². The lowest BCUT2D eigenvalue weighted by Crippen LogP contribution is -2.75. The first-order valence-electron chi connectivity index (χ1n) is 13.0. The van der Waals surface area contributed by atoms with Crippen molar-refractivity contribution in [1.29, 1.82) is 0 Å². The Bertz CT molecular complexity index is 1100. The maximum Gasteiger partial charge on any atom is 0.333 e. The highest BCUT2D eigenvalue weighted by molar-refractivity contribution is 5.99. The third-order valence-corrected chi connectivity index (χ3v) is 11.3. The molecule has 6 rings (SSSR count). The average Bonchev–Trinajstić information content (AvgIpc) is 3.08. The van der Waals surface area contributed by atoms with Crippen LogP contribution in [0.4, 0.5) is 0 Å². The van der Waals surface area contributed by atoms with Crippen LogP contribution >= 0.6 is 0 Å². The fraction of sp³-hybridized carbons (Fsp3) is 0.714. The molecule has 7 heteroatoms. The van der Waals surface area contributed by atoms with Gasteiger partial charge in [0.15, 0.2) is 11.6 Å². The van der Waals surface area contributed by atoms with Gasteiger partial charge in [-0.3, -0.25) is 4.79 Å². The summed E-state index contributed by atoms with van der Waals surface area (Å²) in [6.07, 6.45) is 6.18. The van der Waals surface area contributed by atoms with Gasteiger partial charge < -0.3 is 24.8 Å². The van der Waals surface area contributed by atoms with Gasteiger partial charge >= 0.3 is 5.97 Å². The van der Waals surface area contributed by atoms with Gasteiger partial charge in [0.2, 0.25) is 0 Å². The zero-order valence-electron chi connectivity index (χ0n) is 20.9. The Labute approximate surface area is 205 Å². The van der Waals surface area contributed by atoms with Crippen LogP contribution in [0, 0.1) is 34.5 Å². The standard InChI is InChI=1S/C28H36O7/c1-14-10-22(35-24(31)15(14)2)20-13-34-28(33)12-19-16(17-8-9-27(20,32)26(17,28)4)11-21(29)18-6-5-7-23(30)25(18,19)3/h5-7,16-17,19-22,29,32-33H,8-13H2,1-4H3/t16-,17-,19-,20+,21+,22+,25-,26-,27+,28-/m0/s1. The Morgan fingerprint density at radius 3 is 2.54 bits per heavy atom. The molecule has 0 unspecified atom stereocenters. The maximum atomic E-state index is 13.2. The van der Waals surface area contributed by atoms with E-state index in [1.54, 1.807) is 19.1 Å². The summed E-state index contributed by atoms with van der Waals surface area (Å²) < 4.78 is 12.1. The predicted octanol–water partition coefficient (Wildman–Crippen LogP) is 2.59. The van der Waals surface area contributed by atoms with Gasteiger partial charge in [0.1, 0.15) is 6.10 Å². The Balaban J connectivity index is 1.41. The summed E-state index contributed by atoms with van der Waals surface area (Å²) in [6.45, 7) is 7.55. The molecule has 35 heavy (non-hydrogen) atoms. The molecular weight excluding hydrogens is 448 g/mol. The van der Waals surface area contributed by atoms with Crippen LogP contribution in [0.5, 0.6) is 0 Å². The minimum Gasteiger partial charge on any atom is -0.458 e. The van der Waals surface area contributed by atoms with Crippen molar-refractivity contribution in [3.63, 3.8) is 0 Å². The summed E-state index contributed by atoms with van der Waals surface area (Å²) in [5.41, 5.74) is -0.960. The molecule has 190 valence electrons. The number of carbonyl (C=O) groups is 2. The molecule has 3 saturated carbocycles. The lowest BCUT2D eigenvalue weighted by Gasteiger charge is -2.67. The van der Waals surface area contributed by atoms with Gasteiger partial charge in [-0.1, -0.05) is 24.6 Å². The number of hydrogen-bond acceptors (Lipinski definition) is 7. The Hall–Kier alpha value is -1.80. The second-order valence-corrected chi connectivity index (χ2v) is 12.3. The quantitative estimate of drug-likeness (QED) is 0.490. The fourth-order valence-corrected chi connectivity index (χ4v) is 9.06. The van der Waals surface area contributed by atoms with Gasteiger partial charge in [0, 0.05) is 24.3 Å². The monoisotopic (exact) mass is 484 g/mol. The number of cyclic esters (lactones) is 1. The lowest BCUT2D eigenvalue weighted by molar-refractivity contribution is -0.396. The molecule has 2 heterocycles. The second-order valence-electron chi connectivity index (χ2n) is 12.3. The highest BCUT2D eigenvalue weighted by atomic mass is 16.6. The summed E-state index contributed by atoms with van der Waals surface area (Å²) in [7, 11) is 0. The molecule has 4 fully saturated rings. The minimum absolute atomic E-state index is 0.0513. The van der Waals surface area contributed by atoms with Crippen molar-refractivity contribution >= 4 is 11.8 Å². The van der Waals surface area contributed by atoms with E-state index in [9.17, 15) is 24.9 Å². The average molecular weight is 485 g/mol. The van der Waals surface area contributed by atoms with Crippen molar-refractivity contribution in [1.82, 2.24) is 0 Å². The fourth-order valence-electron chi connectivity index (χ4n) is 9.06. The summed E-state index contributed by atoms with van der Waals surface area (Å²) in [5, 5.41) is 35.7. The van der Waals surface area contributed by atoms with Crippen molar-refractivity contribution in [3.05, 3.63) is 34.9 Å². The number of carbonyl (C=O) groups excluding carboxylic acids is 2. The number of ketones is 1. The molecule has 4 aliphatic carbocycles. The van der Waals surface area contributed by atoms with Crippen LogP contribution < -0.4 is 0 Å². The van der Waals surface area contributed by atoms with Crippen LogP contribution in [-0.2, 0) is 19.1 Å². The van der Waals surface area contributed by atoms with Crippen LogP contribution in [-0.4, -0.2) is 57.3 Å². The lowest BCUT2D eigenvalue weighted by atomic mass is 9.43. The molecular formula is C28H36O7. The van der Waals surface area contributed by atoms with Crippen molar-refractivity contribution in [3.8, 4) is 0 Å². The number of allylic oxidation sites excluding steroid dienone is 3. The van der Waals surface area contributed by atoms with Crippen molar-refractivity contribution in [2.45, 2.75) is 83.4 Å². The molecule has 0 aromatic heterocycles. The maximum absolute atomic E-state index is 13.2. The zero-order chi connectivity index (χ0) is 25.1. The smallest absolute Gasteiger partial charge is 0.333 e. The summed E-state index contributed by atoms with van der Waals surface area (Å²) >= 11 is 0. The largest absolute Gasteiger partial charge is 0.458 e. The Morgan fingerprint density at radius 2 is 1.83 bits per heavy atom. The van der Waals surface area contributed by atoms with Crippen LogP contribution in [0.2, 0.25) is 0 Å². The third-order valence-electron chi connectivity index (χ3n) is 11.3. The molecule has 0 radical (unpaired) electrons. The van der Waals surface area contributed by atoms with Gasteiger partial charge in [-0.15, -0.1) is 0 Å². The number of fused-ring (bicyclic) bond motifs is 4. The van der Waals surface area contributed by atoms with Crippen LogP contribution in [0.1, 0.15) is 59.8 Å². The van der Waals surface area contributed by atoms with Gasteiger partial charge in [0.25, 0.3) is 0 Å². The third kappa shape index (κ3) is 2.65. The summed E-state index contributed by atoms with van der Waals surface area (Å²) in [5.74, 6) is -2.93. The van der Waals surface area contributed by atoms with Gasteiger partial charge in [0.05, 0.1) is 29.1 Å². The number of rotatable bonds is 1. The summed E-state index contributed by atoms with van der Waals surface area (Å²) in [6, 6.07) is 0. The second kappa shape index (κ2) is 7.15. The predicted molar refractivity (Wildman–Crippen MR) is 126 cm³/mol. The van der Waals surface area contributed by atoms with Crippen molar-refractivity contribution < 1.29 is 34.4 Å². The van der Waals surface area contributed by atoms with Crippen molar-refractivity contribution in [2.75, 3.05) is 6.61 Å². The number of aliphatic hydroxyl groups excluding tert-OH is 1. The van der Waals surface area contributed by atoms with E-state index in [1.165, 1.54) is 0 Å². The molecule has 10 atom stereocenters. The number of ether oxygens (including phenoxy) is 2. The SMILES string of the molecule is CC1=C(C)C(=O)O[C@@H]([C@H]2CO[C@@]3(O)C[C@H]4[C@@H](C[C@@H](O)C5=CC=CC(=O)[C@@]54C)[C@@H]4CC[C@]2(O)[C@]43C)C1. The molecule has 1 saturated heterocycles. The van der Waals surface area contributed by atoms with Crippen LogP contribution in [0.25, 0.3) is 0 Å². The molecule has 0 aromatic carbocycles. The molecule has 0 aromatic rings. The van der Waals surface area contributed by atoms with E-state index in [0.717, 1.165) is 5.57 Å². The topological polar surface area (TPSA) is 113 Å². The number of esters is 1. The zero-order valence-corrected chi connectivity index (χ0v) is 20.9. The number of aliphatic hydroxyl groups is 3. The molecule has 2 aliphatic heterocycles. The highest BCUT2D eigenvalue weighted by Gasteiger charge is 2.78. The molecule has 6 aliphatic rings.